The molecule has 5 heteroatoms. The second kappa shape index (κ2) is 5.89. The molecule has 1 aliphatic rings. The minimum Gasteiger partial charge on any atom is -0.387 e. The van der Waals surface area contributed by atoms with Gasteiger partial charge in [-0.2, -0.15) is 0 Å². The van der Waals surface area contributed by atoms with Crippen LogP contribution in [0, 0.1) is 0 Å². The number of anilines is 1. The van der Waals surface area contributed by atoms with Crippen molar-refractivity contribution in [2.45, 2.75) is 25.0 Å². The van der Waals surface area contributed by atoms with E-state index in [0.29, 0.717) is 18.5 Å². The smallest absolute Gasteiger partial charge is 0.225 e. The zero-order valence-electron chi connectivity index (χ0n) is 11.0. The number of aliphatic hydroxyl groups is 1. The summed E-state index contributed by atoms with van der Waals surface area (Å²) < 4.78 is 0.862. The molecule has 1 saturated carbocycles. The molecule has 4 nitrogen and oxygen atoms in total. The van der Waals surface area contributed by atoms with E-state index in [1.165, 1.54) is 0 Å². The SMILES string of the molecule is O[C@@H](CN(c1ncc(Br)cn1)C1CC1)c1ccccc1. The highest BCUT2D eigenvalue weighted by Crippen LogP contribution is 2.31. The Morgan fingerprint density at radius 3 is 2.45 bits per heavy atom. The van der Waals surface area contributed by atoms with Crippen LogP contribution in [0.5, 0.6) is 0 Å². The first-order valence-corrected chi connectivity index (χ1v) is 7.50. The van der Waals surface area contributed by atoms with Gasteiger partial charge >= 0.3 is 0 Å². The third kappa shape index (κ3) is 3.16. The molecule has 0 saturated heterocycles. The van der Waals surface area contributed by atoms with Crippen LogP contribution in [0.25, 0.3) is 0 Å². The fraction of sp³-hybridized carbons (Fsp3) is 0.333. The van der Waals surface area contributed by atoms with Gasteiger partial charge in [-0.3, -0.25) is 0 Å². The van der Waals surface area contributed by atoms with Gasteiger partial charge in [0.25, 0.3) is 0 Å². The van der Waals surface area contributed by atoms with Crippen molar-refractivity contribution in [3.05, 3.63) is 52.8 Å². The van der Waals surface area contributed by atoms with Crippen molar-refractivity contribution in [2.75, 3.05) is 11.4 Å². The van der Waals surface area contributed by atoms with Gasteiger partial charge in [-0.15, -0.1) is 0 Å². The summed E-state index contributed by atoms with van der Waals surface area (Å²) in [5, 5.41) is 10.4. The minimum atomic E-state index is -0.524. The van der Waals surface area contributed by atoms with Gasteiger partial charge in [0.1, 0.15) is 0 Å². The summed E-state index contributed by atoms with van der Waals surface area (Å²) in [6, 6.07) is 10.2. The molecule has 3 rings (SSSR count). The van der Waals surface area contributed by atoms with E-state index in [2.05, 4.69) is 30.8 Å². The zero-order chi connectivity index (χ0) is 13.9. The van der Waals surface area contributed by atoms with Crippen molar-refractivity contribution in [3.8, 4) is 0 Å². The van der Waals surface area contributed by atoms with E-state index < -0.39 is 6.10 Å². The summed E-state index contributed by atoms with van der Waals surface area (Å²) in [6.07, 6.45) is 5.24. The van der Waals surface area contributed by atoms with Crippen molar-refractivity contribution in [1.29, 1.82) is 0 Å². The van der Waals surface area contributed by atoms with Crippen LogP contribution in [0.3, 0.4) is 0 Å². The van der Waals surface area contributed by atoms with Crippen LogP contribution in [0.2, 0.25) is 0 Å². The Morgan fingerprint density at radius 1 is 1.20 bits per heavy atom. The van der Waals surface area contributed by atoms with Crippen LogP contribution in [0.1, 0.15) is 24.5 Å². The summed E-state index contributed by atoms with van der Waals surface area (Å²) in [5.41, 5.74) is 0.926. The lowest BCUT2D eigenvalue weighted by atomic mass is 10.1. The number of aliphatic hydroxyl groups excluding tert-OH is 1. The summed E-state index contributed by atoms with van der Waals surface area (Å²) in [5.74, 6) is 0.686. The highest BCUT2D eigenvalue weighted by Gasteiger charge is 2.32. The average Bonchev–Trinajstić information content (AvgIpc) is 3.31. The van der Waals surface area contributed by atoms with Crippen LogP contribution < -0.4 is 4.90 Å². The molecule has 0 amide bonds. The maximum Gasteiger partial charge on any atom is 0.225 e. The van der Waals surface area contributed by atoms with Crippen LogP contribution in [0.15, 0.2) is 47.2 Å². The van der Waals surface area contributed by atoms with E-state index in [1.54, 1.807) is 12.4 Å². The topological polar surface area (TPSA) is 49.2 Å². The van der Waals surface area contributed by atoms with Gasteiger partial charge in [0.15, 0.2) is 0 Å². The van der Waals surface area contributed by atoms with Gasteiger partial charge in [0.2, 0.25) is 5.95 Å². The predicted molar refractivity (Wildman–Crippen MR) is 81.5 cm³/mol. The first-order chi connectivity index (χ1) is 9.74. The van der Waals surface area contributed by atoms with Crippen LogP contribution >= 0.6 is 15.9 Å². The number of nitrogens with zero attached hydrogens (tertiary/aromatic N) is 3. The molecule has 1 aromatic heterocycles. The van der Waals surface area contributed by atoms with Crippen molar-refractivity contribution in [3.63, 3.8) is 0 Å². The predicted octanol–water partition coefficient (Wildman–Crippen LogP) is 2.94. The molecule has 0 bridgehead atoms. The van der Waals surface area contributed by atoms with E-state index in [9.17, 15) is 5.11 Å². The standard InChI is InChI=1S/C15H16BrN3O/c16-12-8-17-15(18-9-12)19(13-6-7-13)10-14(20)11-4-2-1-3-5-11/h1-5,8-9,13-14,20H,6-7,10H2/t14-/m0/s1. The number of halogens is 1. The van der Waals surface area contributed by atoms with Crippen LogP contribution in [-0.2, 0) is 0 Å². The number of hydrogen-bond acceptors (Lipinski definition) is 4. The fourth-order valence-corrected chi connectivity index (χ4v) is 2.41. The normalized spacial score (nSPS) is 15.9. The maximum atomic E-state index is 10.4. The van der Waals surface area contributed by atoms with Gasteiger partial charge in [-0.25, -0.2) is 9.97 Å². The third-order valence-electron chi connectivity index (χ3n) is 3.41. The largest absolute Gasteiger partial charge is 0.387 e. The molecule has 0 unspecified atom stereocenters. The molecule has 20 heavy (non-hydrogen) atoms. The molecule has 0 radical (unpaired) electrons. The van der Waals surface area contributed by atoms with Gasteiger partial charge in [-0.05, 0) is 34.3 Å². The van der Waals surface area contributed by atoms with Crippen molar-refractivity contribution >= 4 is 21.9 Å². The Hall–Kier alpha value is -1.46. The monoisotopic (exact) mass is 333 g/mol. The molecule has 104 valence electrons. The lowest BCUT2D eigenvalue weighted by molar-refractivity contribution is 0.182. The van der Waals surface area contributed by atoms with E-state index in [1.807, 2.05) is 30.3 Å². The Kier molecular flexibility index (Phi) is 3.98. The highest BCUT2D eigenvalue weighted by molar-refractivity contribution is 9.10. The van der Waals surface area contributed by atoms with Crippen molar-refractivity contribution in [2.24, 2.45) is 0 Å². The zero-order valence-corrected chi connectivity index (χ0v) is 12.6. The van der Waals surface area contributed by atoms with E-state index in [4.69, 9.17) is 0 Å². The van der Waals surface area contributed by atoms with Crippen LogP contribution in [-0.4, -0.2) is 27.7 Å². The fourth-order valence-electron chi connectivity index (χ4n) is 2.20. The summed E-state index contributed by atoms with van der Waals surface area (Å²) >= 11 is 3.34. The summed E-state index contributed by atoms with van der Waals surface area (Å²) in [4.78, 5) is 10.8. The second-order valence-corrected chi connectivity index (χ2v) is 5.93. The lowest BCUT2D eigenvalue weighted by Gasteiger charge is -2.25. The van der Waals surface area contributed by atoms with Crippen molar-refractivity contribution in [1.82, 2.24) is 9.97 Å². The number of benzene rings is 1. The first kappa shape index (κ1) is 13.5. The Bertz CT molecular complexity index is 557. The van der Waals surface area contributed by atoms with E-state index in [-0.39, 0.29) is 0 Å². The molecule has 1 atom stereocenters. The Balaban J connectivity index is 1.76. The minimum absolute atomic E-state index is 0.453. The molecule has 0 aliphatic heterocycles. The number of rotatable bonds is 5. The van der Waals surface area contributed by atoms with Gasteiger partial charge in [0, 0.05) is 18.4 Å². The molecule has 0 spiro atoms. The van der Waals surface area contributed by atoms with Crippen molar-refractivity contribution < 1.29 is 5.11 Å². The molecular weight excluding hydrogens is 318 g/mol. The molecule has 1 heterocycles. The molecule has 1 N–H and O–H groups in total. The molecule has 1 aromatic carbocycles. The van der Waals surface area contributed by atoms with Gasteiger partial charge < -0.3 is 10.0 Å². The summed E-state index contributed by atoms with van der Waals surface area (Å²) in [7, 11) is 0. The third-order valence-corrected chi connectivity index (χ3v) is 3.81. The van der Waals surface area contributed by atoms with Gasteiger partial charge in [0.05, 0.1) is 17.1 Å². The highest BCUT2D eigenvalue weighted by atomic mass is 79.9. The lowest BCUT2D eigenvalue weighted by Crippen LogP contribution is -2.32. The molecular formula is C15H16BrN3O. The number of hydrogen-bond donors (Lipinski definition) is 1. The quantitative estimate of drug-likeness (QED) is 0.913. The Morgan fingerprint density at radius 2 is 1.85 bits per heavy atom. The maximum absolute atomic E-state index is 10.4. The molecule has 1 aliphatic carbocycles. The second-order valence-electron chi connectivity index (χ2n) is 5.01. The van der Waals surface area contributed by atoms with Gasteiger partial charge in [-0.1, -0.05) is 30.3 Å². The first-order valence-electron chi connectivity index (χ1n) is 6.71. The van der Waals surface area contributed by atoms with E-state index in [0.717, 1.165) is 22.9 Å². The molecule has 1 fully saturated rings. The average molecular weight is 334 g/mol. The number of aromatic nitrogens is 2. The summed E-state index contributed by atoms with van der Waals surface area (Å²) in [6.45, 7) is 0.524. The van der Waals surface area contributed by atoms with E-state index >= 15 is 0 Å². The Labute approximate surface area is 126 Å². The molecule has 2 aromatic rings. The van der Waals surface area contributed by atoms with Crippen LogP contribution in [0.4, 0.5) is 5.95 Å².